The molecule has 0 saturated carbocycles. The highest BCUT2D eigenvalue weighted by atomic mass is 32.1. The molecule has 112 valence electrons. The molecule has 4 heteroatoms. The highest BCUT2D eigenvalue weighted by Gasteiger charge is 2.17. The summed E-state index contributed by atoms with van der Waals surface area (Å²) in [5, 5.41) is 3.33. The third-order valence-electron chi connectivity index (χ3n) is 4.23. The monoisotopic (exact) mass is 310 g/mol. The van der Waals surface area contributed by atoms with E-state index >= 15 is 0 Å². The van der Waals surface area contributed by atoms with Gasteiger partial charge >= 0.3 is 0 Å². The number of para-hydroxylation sites is 1. The minimum absolute atomic E-state index is 0.845. The Morgan fingerprint density at radius 1 is 1.23 bits per heavy atom. The fourth-order valence-electron chi connectivity index (χ4n) is 3.08. The van der Waals surface area contributed by atoms with Crippen molar-refractivity contribution < 1.29 is 4.74 Å². The van der Waals surface area contributed by atoms with E-state index in [-0.39, 0.29) is 0 Å². The zero-order valence-electron chi connectivity index (χ0n) is 12.6. The third kappa shape index (κ3) is 2.49. The second kappa shape index (κ2) is 5.71. The van der Waals surface area contributed by atoms with Gasteiger partial charge in [0, 0.05) is 29.9 Å². The maximum absolute atomic E-state index is 5.43. The molecule has 0 fully saturated rings. The summed E-state index contributed by atoms with van der Waals surface area (Å²) < 4.78 is 5.43. The molecule has 1 aromatic carbocycles. The van der Waals surface area contributed by atoms with Crippen LogP contribution in [-0.2, 0) is 19.5 Å². The van der Waals surface area contributed by atoms with Crippen LogP contribution in [0.3, 0.4) is 0 Å². The van der Waals surface area contributed by atoms with Gasteiger partial charge in [-0.05, 0) is 35.6 Å². The van der Waals surface area contributed by atoms with Gasteiger partial charge in [-0.1, -0.05) is 18.2 Å². The fraction of sp³-hybridized carbons (Fsp3) is 0.278. The van der Waals surface area contributed by atoms with E-state index in [2.05, 4.69) is 34.5 Å². The first-order valence-corrected chi connectivity index (χ1v) is 8.42. The Balaban J connectivity index is 1.60. The van der Waals surface area contributed by atoms with Crippen molar-refractivity contribution in [1.82, 2.24) is 9.88 Å². The number of hydrogen-bond acceptors (Lipinski definition) is 4. The quantitative estimate of drug-likeness (QED) is 0.734. The zero-order valence-corrected chi connectivity index (χ0v) is 13.4. The van der Waals surface area contributed by atoms with Gasteiger partial charge in [0.2, 0.25) is 0 Å². The van der Waals surface area contributed by atoms with Gasteiger partial charge in [-0.2, -0.15) is 0 Å². The average Bonchev–Trinajstić information content (AvgIpc) is 3.02. The van der Waals surface area contributed by atoms with E-state index in [0.717, 1.165) is 48.4 Å². The third-order valence-corrected chi connectivity index (χ3v) is 5.26. The number of rotatable bonds is 3. The van der Waals surface area contributed by atoms with Crippen LogP contribution in [0.2, 0.25) is 0 Å². The molecule has 4 rings (SSSR count). The number of pyridine rings is 1. The molecule has 3 nitrogen and oxygen atoms in total. The molecule has 0 saturated heterocycles. The summed E-state index contributed by atoms with van der Waals surface area (Å²) in [4.78, 5) is 8.84. The lowest BCUT2D eigenvalue weighted by Crippen LogP contribution is -2.29. The van der Waals surface area contributed by atoms with Gasteiger partial charge in [0.25, 0.3) is 0 Å². The number of thiophene rings is 1. The van der Waals surface area contributed by atoms with Crippen LogP contribution in [0.5, 0.6) is 5.75 Å². The molecule has 0 amide bonds. The molecule has 3 aromatic rings. The van der Waals surface area contributed by atoms with E-state index < -0.39 is 0 Å². The molecular weight excluding hydrogens is 292 g/mol. The number of benzene rings is 1. The summed E-state index contributed by atoms with van der Waals surface area (Å²) in [5.41, 5.74) is 3.54. The van der Waals surface area contributed by atoms with E-state index in [1.165, 1.54) is 5.56 Å². The summed E-state index contributed by atoms with van der Waals surface area (Å²) in [7, 11) is 1.70. The summed E-state index contributed by atoms with van der Waals surface area (Å²) in [6.45, 7) is 3.03. The highest BCUT2D eigenvalue weighted by Crippen LogP contribution is 2.26. The number of aromatic nitrogens is 1. The Morgan fingerprint density at radius 2 is 2.18 bits per heavy atom. The normalized spacial score (nSPS) is 15.0. The van der Waals surface area contributed by atoms with E-state index in [9.17, 15) is 0 Å². The highest BCUT2D eigenvalue weighted by molar-refractivity contribution is 7.10. The van der Waals surface area contributed by atoms with E-state index in [1.807, 2.05) is 23.5 Å². The Morgan fingerprint density at radius 3 is 3.09 bits per heavy atom. The van der Waals surface area contributed by atoms with E-state index in [1.54, 1.807) is 12.0 Å². The van der Waals surface area contributed by atoms with Gasteiger partial charge in [-0.15, -0.1) is 11.3 Å². The molecule has 3 heterocycles. The van der Waals surface area contributed by atoms with Crippen LogP contribution >= 0.6 is 11.3 Å². The maximum Gasteiger partial charge on any atom is 0.145 e. The molecule has 0 atom stereocenters. The predicted molar refractivity (Wildman–Crippen MR) is 90.4 cm³/mol. The van der Waals surface area contributed by atoms with Gasteiger partial charge < -0.3 is 4.74 Å². The number of methoxy groups -OCH3 is 1. The number of hydrogen-bond donors (Lipinski definition) is 0. The van der Waals surface area contributed by atoms with Gasteiger partial charge in [-0.25, -0.2) is 4.98 Å². The molecule has 0 unspecified atom stereocenters. The maximum atomic E-state index is 5.43. The average molecular weight is 310 g/mol. The lowest BCUT2D eigenvalue weighted by Gasteiger charge is -2.26. The van der Waals surface area contributed by atoms with Crippen LogP contribution in [0.15, 0.2) is 41.8 Å². The van der Waals surface area contributed by atoms with E-state index in [4.69, 9.17) is 9.72 Å². The predicted octanol–water partition coefficient (Wildman–Crippen LogP) is 3.86. The molecule has 0 spiro atoms. The zero-order chi connectivity index (χ0) is 14.9. The lowest BCUT2D eigenvalue weighted by molar-refractivity contribution is 0.245. The Kier molecular flexibility index (Phi) is 3.56. The summed E-state index contributed by atoms with van der Waals surface area (Å²) >= 11 is 1.88. The first-order valence-electron chi connectivity index (χ1n) is 7.54. The van der Waals surface area contributed by atoms with Crippen molar-refractivity contribution in [3.05, 3.63) is 57.9 Å². The van der Waals surface area contributed by atoms with Crippen molar-refractivity contribution in [2.75, 3.05) is 13.7 Å². The number of fused-ring (bicyclic) bond motifs is 2. The standard InChI is InChI=1S/C18H18N2OS/c1-21-16-4-2-3-13-5-6-15(19-18(13)16)12-20-9-7-17-14(11-20)8-10-22-17/h2-6,8,10H,7,9,11-12H2,1H3. The Labute approximate surface area is 134 Å². The topological polar surface area (TPSA) is 25.4 Å². The molecule has 0 N–H and O–H groups in total. The molecule has 0 radical (unpaired) electrons. The van der Waals surface area contributed by atoms with Crippen molar-refractivity contribution in [3.8, 4) is 5.75 Å². The minimum Gasteiger partial charge on any atom is -0.494 e. The van der Waals surface area contributed by atoms with Crippen molar-refractivity contribution in [2.24, 2.45) is 0 Å². The fourth-order valence-corrected chi connectivity index (χ4v) is 3.97. The Hall–Kier alpha value is -1.91. The minimum atomic E-state index is 0.845. The summed E-state index contributed by atoms with van der Waals surface area (Å²) in [5.74, 6) is 0.845. The first-order chi connectivity index (χ1) is 10.8. The number of ether oxygens (including phenoxy) is 1. The van der Waals surface area contributed by atoms with Crippen molar-refractivity contribution in [3.63, 3.8) is 0 Å². The molecule has 1 aliphatic heterocycles. The van der Waals surface area contributed by atoms with Crippen molar-refractivity contribution in [2.45, 2.75) is 19.5 Å². The second-order valence-electron chi connectivity index (χ2n) is 5.66. The van der Waals surface area contributed by atoms with Crippen LogP contribution in [0.1, 0.15) is 16.1 Å². The largest absolute Gasteiger partial charge is 0.494 e. The molecular formula is C18H18N2OS. The SMILES string of the molecule is COc1cccc2ccc(CN3CCc4sccc4C3)nc12. The van der Waals surface area contributed by atoms with Crippen molar-refractivity contribution >= 4 is 22.2 Å². The van der Waals surface area contributed by atoms with Crippen LogP contribution < -0.4 is 4.74 Å². The lowest BCUT2D eigenvalue weighted by atomic mass is 10.1. The van der Waals surface area contributed by atoms with E-state index in [0.29, 0.717) is 0 Å². The number of nitrogens with zero attached hydrogens (tertiary/aromatic N) is 2. The Bertz CT molecular complexity index is 812. The molecule has 2 aromatic heterocycles. The van der Waals surface area contributed by atoms with Gasteiger partial charge in [0.05, 0.1) is 12.8 Å². The molecule has 0 bridgehead atoms. The van der Waals surface area contributed by atoms with Gasteiger partial charge in [-0.3, -0.25) is 4.90 Å². The van der Waals surface area contributed by atoms with Crippen LogP contribution in [0.25, 0.3) is 10.9 Å². The van der Waals surface area contributed by atoms with Crippen molar-refractivity contribution in [1.29, 1.82) is 0 Å². The second-order valence-corrected chi connectivity index (χ2v) is 6.66. The summed E-state index contributed by atoms with van der Waals surface area (Å²) in [6.07, 6.45) is 1.16. The molecule has 0 aliphatic carbocycles. The van der Waals surface area contributed by atoms with Gasteiger partial charge in [0.15, 0.2) is 0 Å². The van der Waals surface area contributed by atoms with Crippen LogP contribution in [0, 0.1) is 0 Å². The smallest absolute Gasteiger partial charge is 0.145 e. The summed E-state index contributed by atoms with van der Waals surface area (Å²) in [6, 6.07) is 12.6. The van der Waals surface area contributed by atoms with Gasteiger partial charge in [0.1, 0.15) is 11.3 Å². The molecule has 22 heavy (non-hydrogen) atoms. The van der Waals surface area contributed by atoms with Crippen LogP contribution in [0.4, 0.5) is 0 Å². The van der Waals surface area contributed by atoms with Crippen LogP contribution in [-0.4, -0.2) is 23.5 Å². The first kappa shape index (κ1) is 13.7. The molecule has 1 aliphatic rings.